The highest BCUT2D eigenvalue weighted by atomic mass is 19.1. The number of aliphatic hydroxyl groups is 1. The third kappa shape index (κ3) is 4.68. The first kappa shape index (κ1) is 25.9. The number of fused-ring (bicyclic) bond motifs is 2. The van der Waals surface area contributed by atoms with Crippen LogP contribution in [0.3, 0.4) is 0 Å². The molecule has 2 aromatic carbocycles. The third-order valence-corrected chi connectivity index (χ3v) is 7.80. The number of aryl methyl sites for hydroxylation is 1. The summed E-state index contributed by atoms with van der Waals surface area (Å²) in [6, 6.07) is 13.7. The zero-order valence-electron chi connectivity index (χ0n) is 22.4. The summed E-state index contributed by atoms with van der Waals surface area (Å²) >= 11 is 0. The minimum absolute atomic E-state index is 0.0418. The fourth-order valence-corrected chi connectivity index (χ4v) is 5.56. The summed E-state index contributed by atoms with van der Waals surface area (Å²) in [5, 5.41) is 12.3. The Bertz CT molecular complexity index is 1620. The number of pyridine rings is 1. The fraction of sp³-hybridized carbons (Fsp3) is 0.333. The van der Waals surface area contributed by atoms with Gasteiger partial charge in [-0.15, -0.1) is 0 Å². The predicted octanol–water partition coefficient (Wildman–Crippen LogP) is 4.95. The molecule has 2 aromatic heterocycles. The number of anilines is 1. The summed E-state index contributed by atoms with van der Waals surface area (Å²) in [5.74, 6) is -0.769. The number of nitrogens with zero attached hydrogens (tertiary/aromatic N) is 4. The fourth-order valence-electron chi connectivity index (χ4n) is 5.56. The van der Waals surface area contributed by atoms with Crippen LogP contribution in [0.4, 0.5) is 14.9 Å². The number of carbonyl (C=O) groups is 2. The molecule has 3 amide bonds. The molecule has 0 radical (unpaired) electrons. The van der Waals surface area contributed by atoms with Gasteiger partial charge in [-0.25, -0.2) is 19.2 Å². The van der Waals surface area contributed by atoms with Crippen molar-refractivity contribution < 1.29 is 23.5 Å². The number of β-amino-alcohol motifs (C(OH)–C–C–N with tert-alkyl or cyclic N) is 1. The van der Waals surface area contributed by atoms with Crippen molar-refractivity contribution >= 4 is 28.9 Å². The number of likely N-dealkylation sites (tertiary alicyclic amines) is 1. The number of nitrogens with one attached hydrogen (secondary N) is 1. The Hall–Kier alpha value is -4.31. The molecule has 0 aliphatic carbocycles. The van der Waals surface area contributed by atoms with E-state index in [1.54, 1.807) is 12.1 Å². The smallest absolute Gasteiger partial charge is 0.321 e. The van der Waals surface area contributed by atoms with Crippen LogP contribution in [-0.4, -0.2) is 62.6 Å². The second-order valence-electron chi connectivity index (χ2n) is 10.3. The lowest BCUT2D eigenvalue weighted by atomic mass is 9.93. The molecule has 2 aliphatic heterocycles. The molecule has 0 bridgehead atoms. The second kappa shape index (κ2) is 10.3. The van der Waals surface area contributed by atoms with E-state index in [4.69, 9.17) is 4.42 Å². The zero-order valence-corrected chi connectivity index (χ0v) is 22.4. The van der Waals surface area contributed by atoms with Crippen molar-refractivity contribution in [2.45, 2.75) is 45.3 Å². The Morgan fingerprint density at radius 3 is 2.73 bits per heavy atom. The third-order valence-electron chi connectivity index (χ3n) is 7.80. The van der Waals surface area contributed by atoms with E-state index < -0.39 is 18.0 Å². The standard InChI is InChI=1S/C30H30FN5O4/c1-3-18-14-25(29(38)36-13-10-19-6-4-5-7-22(19)17(36)2)33-28-26(18)34-27(40-28)23-9-8-20(15-24(23)31)32-30(39)35-12-11-21(37)16-35/h4-9,14-15,17,21,37H,3,10-13,16H2,1-2H3,(H,32,39)/t17-,21?/m1/s1. The molecular formula is C30H30FN5O4. The molecule has 4 aromatic rings. The van der Waals surface area contributed by atoms with Gasteiger partial charge in [0, 0.05) is 25.3 Å². The molecule has 0 saturated carbocycles. The zero-order chi connectivity index (χ0) is 28.0. The number of carbonyl (C=O) groups excluding carboxylic acids is 2. The molecule has 10 heteroatoms. The molecule has 1 fully saturated rings. The van der Waals surface area contributed by atoms with Crippen molar-refractivity contribution in [1.82, 2.24) is 19.8 Å². The van der Waals surface area contributed by atoms with Gasteiger partial charge in [-0.1, -0.05) is 31.2 Å². The SMILES string of the molecule is CCc1cc(C(=O)N2CCc3ccccc3[C@H]2C)nc2oc(-c3ccc(NC(=O)N4CCC(O)C4)cc3F)nc12. The van der Waals surface area contributed by atoms with E-state index in [1.165, 1.54) is 22.6 Å². The highest BCUT2D eigenvalue weighted by Gasteiger charge is 2.30. The van der Waals surface area contributed by atoms with Crippen LogP contribution >= 0.6 is 0 Å². The topological polar surface area (TPSA) is 112 Å². The summed E-state index contributed by atoms with van der Waals surface area (Å²) in [5.41, 5.74) is 4.48. The summed E-state index contributed by atoms with van der Waals surface area (Å²) in [7, 11) is 0. The van der Waals surface area contributed by atoms with Crippen molar-refractivity contribution in [3.63, 3.8) is 0 Å². The average Bonchev–Trinajstić information content (AvgIpc) is 3.59. The Kier molecular flexibility index (Phi) is 6.71. The number of oxazole rings is 1. The van der Waals surface area contributed by atoms with Gasteiger partial charge in [-0.2, -0.15) is 0 Å². The summed E-state index contributed by atoms with van der Waals surface area (Å²) < 4.78 is 21.1. The van der Waals surface area contributed by atoms with Crippen molar-refractivity contribution in [1.29, 1.82) is 0 Å². The molecular weight excluding hydrogens is 513 g/mol. The van der Waals surface area contributed by atoms with E-state index in [0.29, 0.717) is 31.4 Å². The van der Waals surface area contributed by atoms with Crippen molar-refractivity contribution in [2.24, 2.45) is 0 Å². The summed E-state index contributed by atoms with van der Waals surface area (Å²) in [6.45, 7) is 5.25. The van der Waals surface area contributed by atoms with Gasteiger partial charge in [0.05, 0.1) is 17.7 Å². The lowest BCUT2D eigenvalue weighted by Gasteiger charge is -2.35. The molecule has 0 spiro atoms. The largest absolute Gasteiger partial charge is 0.418 e. The first-order valence-electron chi connectivity index (χ1n) is 13.6. The molecule has 2 aliphatic rings. The molecule has 9 nitrogen and oxygen atoms in total. The van der Waals surface area contributed by atoms with E-state index in [0.717, 1.165) is 17.5 Å². The molecule has 1 unspecified atom stereocenters. The maximum atomic E-state index is 15.2. The van der Waals surface area contributed by atoms with Gasteiger partial charge in [0.1, 0.15) is 17.0 Å². The van der Waals surface area contributed by atoms with E-state index in [1.807, 2.05) is 30.9 Å². The lowest BCUT2D eigenvalue weighted by molar-refractivity contribution is 0.0671. The van der Waals surface area contributed by atoms with Crippen molar-refractivity contribution in [2.75, 3.05) is 25.0 Å². The Labute approximate surface area is 230 Å². The number of aromatic nitrogens is 2. The minimum Gasteiger partial charge on any atom is -0.418 e. The molecule has 2 N–H and O–H groups in total. The van der Waals surface area contributed by atoms with Gasteiger partial charge >= 0.3 is 6.03 Å². The maximum Gasteiger partial charge on any atom is 0.321 e. The van der Waals surface area contributed by atoms with Gasteiger partial charge in [-0.3, -0.25) is 4.79 Å². The highest BCUT2D eigenvalue weighted by molar-refractivity contribution is 5.95. The highest BCUT2D eigenvalue weighted by Crippen LogP contribution is 2.32. The Morgan fingerprint density at radius 2 is 1.98 bits per heavy atom. The Morgan fingerprint density at radius 1 is 1.15 bits per heavy atom. The summed E-state index contributed by atoms with van der Waals surface area (Å²) in [6.07, 6.45) is 1.34. The molecule has 40 heavy (non-hydrogen) atoms. The van der Waals surface area contributed by atoms with Crippen LogP contribution in [0.25, 0.3) is 22.7 Å². The quantitative estimate of drug-likeness (QED) is 0.377. The predicted molar refractivity (Wildman–Crippen MR) is 147 cm³/mol. The number of hydrogen-bond donors (Lipinski definition) is 2. The molecule has 2 atom stereocenters. The van der Waals surface area contributed by atoms with Gasteiger partial charge < -0.3 is 24.6 Å². The average molecular weight is 544 g/mol. The van der Waals surface area contributed by atoms with Crippen LogP contribution < -0.4 is 5.32 Å². The number of rotatable bonds is 4. The minimum atomic E-state index is -0.624. The first-order valence-corrected chi connectivity index (χ1v) is 13.6. The van der Waals surface area contributed by atoms with Gasteiger partial charge in [0.2, 0.25) is 11.6 Å². The number of benzene rings is 2. The Balaban J connectivity index is 1.26. The maximum absolute atomic E-state index is 15.2. The number of halogens is 1. The van der Waals surface area contributed by atoms with Crippen LogP contribution in [0.5, 0.6) is 0 Å². The molecule has 4 heterocycles. The number of urea groups is 1. The molecule has 206 valence electrons. The van der Waals surface area contributed by atoms with Crippen LogP contribution in [0, 0.1) is 5.82 Å². The summed E-state index contributed by atoms with van der Waals surface area (Å²) in [4.78, 5) is 38.3. The molecule has 6 rings (SSSR count). The van der Waals surface area contributed by atoms with Crippen LogP contribution in [0.1, 0.15) is 53.5 Å². The van der Waals surface area contributed by atoms with Gasteiger partial charge in [0.15, 0.2) is 0 Å². The van der Waals surface area contributed by atoms with Gasteiger partial charge in [0.25, 0.3) is 5.91 Å². The first-order chi connectivity index (χ1) is 19.3. The molecule has 1 saturated heterocycles. The lowest BCUT2D eigenvalue weighted by Crippen LogP contribution is -2.39. The van der Waals surface area contributed by atoms with Crippen molar-refractivity contribution in [3.05, 3.63) is 76.7 Å². The normalized spacial score (nSPS) is 18.7. The van der Waals surface area contributed by atoms with Crippen LogP contribution in [-0.2, 0) is 12.8 Å². The number of aliphatic hydroxyl groups excluding tert-OH is 1. The monoisotopic (exact) mass is 543 g/mol. The van der Waals surface area contributed by atoms with Crippen molar-refractivity contribution in [3.8, 4) is 11.5 Å². The number of hydrogen-bond acceptors (Lipinski definition) is 6. The van der Waals surface area contributed by atoms with E-state index >= 15 is 4.39 Å². The van der Waals surface area contributed by atoms with E-state index in [2.05, 4.69) is 27.4 Å². The second-order valence-corrected chi connectivity index (χ2v) is 10.3. The van der Waals surface area contributed by atoms with Crippen LogP contribution in [0.15, 0.2) is 52.9 Å². The van der Waals surface area contributed by atoms with Gasteiger partial charge in [-0.05, 0) is 67.1 Å². The van der Waals surface area contributed by atoms with E-state index in [-0.39, 0.29) is 47.0 Å². The van der Waals surface area contributed by atoms with E-state index in [9.17, 15) is 14.7 Å². The number of amides is 3. The van der Waals surface area contributed by atoms with Crippen LogP contribution in [0.2, 0.25) is 0 Å².